The molecule has 1 atom stereocenters. The molecule has 19 heavy (non-hydrogen) atoms. The van der Waals surface area contributed by atoms with E-state index in [0.29, 0.717) is 0 Å². The summed E-state index contributed by atoms with van der Waals surface area (Å²) in [6.07, 6.45) is 0.0231. The van der Waals surface area contributed by atoms with Crippen LogP contribution in [0.4, 0.5) is 0 Å². The molecule has 0 amide bonds. The van der Waals surface area contributed by atoms with Gasteiger partial charge in [0.1, 0.15) is 17.6 Å². The molecule has 1 fully saturated rings. The molecule has 1 saturated heterocycles. The third kappa shape index (κ3) is 3.03. The van der Waals surface area contributed by atoms with Gasteiger partial charge in [0.05, 0.1) is 6.61 Å². The van der Waals surface area contributed by atoms with E-state index in [-0.39, 0.29) is 6.10 Å². The fraction of sp³-hybridized carbons (Fsp3) is 0.400. The Bertz CT molecular complexity index is 524. The van der Waals surface area contributed by atoms with Crippen molar-refractivity contribution in [3.8, 4) is 0 Å². The first-order chi connectivity index (χ1) is 9.31. The summed E-state index contributed by atoms with van der Waals surface area (Å²) in [5, 5.41) is 4.05. The van der Waals surface area contributed by atoms with Crippen molar-refractivity contribution in [2.45, 2.75) is 19.6 Å². The lowest BCUT2D eigenvalue weighted by atomic mass is 10.1. The van der Waals surface area contributed by atoms with Gasteiger partial charge in [-0.05, 0) is 12.5 Å². The zero-order valence-electron chi connectivity index (χ0n) is 11.1. The Morgan fingerprint density at radius 1 is 1.32 bits per heavy atom. The average Bonchev–Trinajstić information content (AvgIpc) is 2.87. The van der Waals surface area contributed by atoms with Gasteiger partial charge in [-0.2, -0.15) is 0 Å². The number of aromatic nitrogens is 1. The van der Waals surface area contributed by atoms with E-state index >= 15 is 0 Å². The first-order valence-electron chi connectivity index (χ1n) is 6.62. The van der Waals surface area contributed by atoms with E-state index < -0.39 is 0 Å². The Labute approximate surface area is 113 Å². The standard InChI is InChI=1S/C15H18N2O2/c1-12-9-14(16-19-12)15-11-17(7-8-18-15)10-13-5-3-2-4-6-13/h2-6,9,15H,7-8,10-11H2,1H3. The smallest absolute Gasteiger partial charge is 0.134 e. The highest BCUT2D eigenvalue weighted by atomic mass is 16.5. The lowest BCUT2D eigenvalue weighted by Crippen LogP contribution is -2.37. The fourth-order valence-corrected chi connectivity index (χ4v) is 2.40. The highest BCUT2D eigenvalue weighted by Gasteiger charge is 2.24. The van der Waals surface area contributed by atoms with Crippen molar-refractivity contribution in [3.05, 3.63) is 53.4 Å². The molecule has 2 aromatic rings. The van der Waals surface area contributed by atoms with Gasteiger partial charge < -0.3 is 9.26 Å². The summed E-state index contributed by atoms with van der Waals surface area (Å²) in [5.74, 6) is 0.832. The summed E-state index contributed by atoms with van der Waals surface area (Å²) in [6.45, 7) is 5.42. The number of benzene rings is 1. The predicted octanol–water partition coefficient (Wildman–Crippen LogP) is 2.56. The molecule has 3 rings (SSSR count). The lowest BCUT2D eigenvalue weighted by Gasteiger charge is -2.31. The van der Waals surface area contributed by atoms with Crippen LogP contribution in [0.5, 0.6) is 0 Å². The number of morpholine rings is 1. The minimum Gasteiger partial charge on any atom is -0.369 e. The molecule has 2 heterocycles. The van der Waals surface area contributed by atoms with E-state index in [9.17, 15) is 0 Å². The normalized spacial score (nSPS) is 20.6. The summed E-state index contributed by atoms with van der Waals surface area (Å²) in [7, 11) is 0. The number of rotatable bonds is 3. The van der Waals surface area contributed by atoms with Gasteiger partial charge in [0.2, 0.25) is 0 Å². The van der Waals surface area contributed by atoms with Gasteiger partial charge >= 0.3 is 0 Å². The Morgan fingerprint density at radius 3 is 2.89 bits per heavy atom. The molecule has 100 valence electrons. The Balaban J connectivity index is 1.65. The molecular formula is C15H18N2O2. The van der Waals surface area contributed by atoms with Crippen LogP contribution in [-0.4, -0.2) is 29.8 Å². The second-order valence-electron chi connectivity index (χ2n) is 4.94. The Morgan fingerprint density at radius 2 is 2.16 bits per heavy atom. The van der Waals surface area contributed by atoms with Crippen LogP contribution >= 0.6 is 0 Å². The maximum atomic E-state index is 5.78. The molecule has 4 heteroatoms. The molecule has 1 aliphatic heterocycles. The minimum absolute atomic E-state index is 0.0231. The molecule has 4 nitrogen and oxygen atoms in total. The molecule has 1 unspecified atom stereocenters. The van der Waals surface area contributed by atoms with Crippen LogP contribution in [-0.2, 0) is 11.3 Å². The number of ether oxygens (including phenoxy) is 1. The molecule has 1 aliphatic rings. The molecule has 1 aromatic heterocycles. The highest BCUT2D eigenvalue weighted by Crippen LogP contribution is 2.22. The van der Waals surface area contributed by atoms with Crippen LogP contribution < -0.4 is 0 Å². The summed E-state index contributed by atoms with van der Waals surface area (Å²) in [4.78, 5) is 2.40. The SMILES string of the molecule is Cc1cc(C2CN(Cc3ccccc3)CCO2)no1. The van der Waals surface area contributed by atoms with Crippen LogP contribution in [0.1, 0.15) is 23.1 Å². The molecule has 0 saturated carbocycles. The topological polar surface area (TPSA) is 38.5 Å². The van der Waals surface area contributed by atoms with E-state index in [1.54, 1.807) is 0 Å². The van der Waals surface area contributed by atoms with Gasteiger partial charge in [-0.1, -0.05) is 35.5 Å². The van der Waals surface area contributed by atoms with Crippen molar-refractivity contribution in [2.75, 3.05) is 19.7 Å². The summed E-state index contributed by atoms with van der Waals surface area (Å²) >= 11 is 0. The van der Waals surface area contributed by atoms with Crippen LogP contribution in [0.15, 0.2) is 40.9 Å². The zero-order chi connectivity index (χ0) is 13.1. The zero-order valence-corrected chi connectivity index (χ0v) is 11.1. The number of hydrogen-bond acceptors (Lipinski definition) is 4. The van der Waals surface area contributed by atoms with Gasteiger partial charge in [0, 0.05) is 25.7 Å². The van der Waals surface area contributed by atoms with Crippen LogP contribution in [0.2, 0.25) is 0 Å². The van der Waals surface area contributed by atoms with Crippen LogP contribution in [0.25, 0.3) is 0 Å². The Kier molecular flexibility index (Phi) is 3.62. The molecular weight excluding hydrogens is 240 g/mol. The van der Waals surface area contributed by atoms with E-state index in [4.69, 9.17) is 9.26 Å². The Hall–Kier alpha value is -1.65. The van der Waals surface area contributed by atoms with E-state index in [1.165, 1.54) is 5.56 Å². The van der Waals surface area contributed by atoms with E-state index in [2.05, 4.69) is 34.3 Å². The van der Waals surface area contributed by atoms with Gasteiger partial charge in [0.25, 0.3) is 0 Å². The predicted molar refractivity (Wildman–Crippen MR) is 71.7 cm³/mol. The summed E-state index contributed by atoms with van der Waals surface area (Å²) in [5.41, 5.74) is 2.23. The van der Waals surface area contributed by atoms with Gasteiger partial charge in [0.15, 0.2) is 0 Å². The van der Waals surface area contributed by atoms with Crippen LogP contribution in [0.3, 0.4) is 0 Å². The fourth-order valence-electron chi connectivity index (χ4n) is 2.40. The molecule has 0 N–H and O–H groups in total. The summed E-state index contributed by atoms with van der Waals surface area (Å²) < 4.78 is 10.9. The van der Waals surface area contributed by atoms with Crippen molar-refractivity contribution in [1.82, 2.24) is 10.1 Å². The van der Waals surface area contributed by atoms with Crippen molar-refractivity contribution < 1.29 is 9.26 Å². The molecule has 0 spiro atoms. The molecule has 0 aliphatic carbocycles. The van der Waals surface area contributed by atoms with Crippen molar-refractivity contribution in [2.24, 2.45) is 0 Å². The molecule has 0 radical (unpaired) electrons. The maximum Gasteiger partial charge on any atom is 0.134 e. The lowest BCUT2D eigenvalue weighted by molar-refractivity contribution is -0.0361. The van der Waals surface area contributed by atoms with Gasteiger partial charge in [-0.15, -0.1) is 0 Å². The number of aryl methyl sites for hydroxylation is 1. The second kappa shape index (κ2) is 5.55. The number of hydrogen-bond donors (Lipinski definition) is 0. The van der Waals surface area contributed by atoms with Crippen LogP contribution in [0, 0.1) is 6.92 Å². The first kappa shape index (κ1) is 12.4. The third-order valence-corrected chi connectivity index (χ3v) is 3.38. The monoisotopic (exact) mass is 258 g/mol. The van der Waals surface area contributed by atoms with Gasteiger partial charge in [-0.25, -0.2) is 0 Å². The van der Waals surface area contributed by atoms with Crippen molar-refractivity contribution >= 4 is 0 Å². The van der Waals surface area contributed by atoms with E-state index in [0.717, 1.165) is 37.7 Å². The quantitative estimate of drug-likeness (QED) is 0.848. The highest BCUT2D eigenvalue weighted by molar-refractivity contribution is 5.15. The largest absolute Gasteiger partial charge is 0.369 e. The second-order valence-corrected chi connectivity index (χ2v) is 4.94. The minimum atomic E-state index is 0.0231. The van der Waals surface area contributed by atoms with Crippen molar-refractivity contribution in [3.63, 3.8) is 0 Å². The third-order valence-electron chi connectivity index (χ3n) is 3.38. The average molecular weight is 258 g/mol. The number of nitrogens with zero attached hydrogens (tertiary/aromatic N) is 2. The van der Waals surface area contributed by atoms with E-state index in [1.807, 2.05) is 19.1 Å². The van der Waals surface area contributed by atoms with Gasteiger partial charge in [-0.3, -0.25) is 4.90 Å². The first-order valence-corrected chi connectivity index (χ1v) is 6.62. The summed E-state index contributed by atoms with van der Waals surface area (Å²) in [6, 6.07) is 12.5. The molecule has 0 bridgehead atoms. The van der Waals surface area contributed by atoms with Crippen molar-refractivity contribution in [1.29, 1.82) is 0 Å². The molecule has 1 aromatic carbocycles. The maximum absolute atomic E-state index is 5.78.